The standard InChI is InChI=1S/C23H25ClN2O3.C8H10/c1-15-3-5-17(6-4-15)16(2)26-14-19-8-10-22(29-19)18-7-9-21(24)20(13-18)23(28)25-11-12-27;1-7-3-5-8(2)6-4-7/h3-10,13,16,26-27H,11-12,14H2,1-2H3,(H,25,28);3-6H,1-2H3. The van der Waals surface area contributed by atoms with Crippen LogP contribution in [0.25, 0.3) is 11.3 Å². The molecule has 0 bridgehead atoms. The summed E-state index contributed by atoms with van der Waals surface area (Å²) in [6, 6.07) is 26.1. The van der Waals surface area contributed by atoms with Gasteiger partial charge in [0.2, 0.25) is 0 Å². The normalized spacial score (nSPS) is 11.4. The third kappa shape index (κ3) is 8.60. The van der Waals surface area contributed by atoms with Gasteiger partial charge in [-0.3, -0.25) is 4.79 Å². The molecule has 1 atom stereocenters. The first-order valence-corrected chi connectivity index (χ1v) is 12.8. The molecule has 37 heavy (non-hydrogen) atoms. The lowest BCUT2D eigenvalue weighted by atomic mass is 10.1. The molecule has 1 heterocycles. The highest BCUT2D eigenvalue weighted by atomic mass is 35.5. The fourth-order valence-electron chi connectivity index (χ4n) is 3.61. The molecule has 0 aliphatic carbocycles. The number of rotatable bonds is 8. The first kappa shape index (κ1) is 28.2. The van der Waals surface area contributed by atoms with Crippen LogP contribution < -0.4 is 10.6 Å². The van der Waals surface area contributed by atoms with Crippen LogP contribution in [0.3, 0.4) is 0 Å². The predicted octanol–water partition coefficient (Wildman–Crippen LogP) is 6.78. The molecule has 1 aromatic heterocycles. The Morgan fingerprint density at radius 1 is 0.892 bits per heavy atom. The van der Waals surface area contributed by atoms with E-state index in [-0.39, 0.29) is 25.1 Å². The van der Waals surface area contributed by atoms with Crippen molar-refractivity contribution in [3.8, 4) is 11.3 Å². The second-order valence-corrected chi connectivity index (χ2v) is 9.52. The molecule has 0 fully saturated rings. The number of benzene rings is 3. The number of carbonyl (C=O) groups is 1. The molecule has 0 saturated carbocycles. The number of amides is 1. The molecule has 1 amide bonds. The van der Waals surface area contributed by atoms with E-state index in [0.29, 0.717) is 22.9 Å². The number of aliphatic hydroxyl groups excluding tert-OH is 1. The van der Waals surface area contributed by atoms with Crippen molar-refractivity contribution in [2.75, 3.05) is 13.2 Å². The lowest BCUT2D eigenvalue weighted by molar-refractivity contribution is 0.0945. The largest absolute Gasteiger partial charge is 0.460 e. The second kappa shape index (κ2) is 13.8. The molecule has 0 spiro atoms. The van der Waals surface area contributed by atoms with Crippen molar-refractivity contribution < 1.29 is 14.3 Å². The van der Waals surface area contributed by atoms with Crippen molar-refractivity contribution in [2.24, 2.45) is 0 Å². The summed E-state index contributed by atoms with van der Waals surface area (Å²) < 4.78 is 5.95. The number of carbonyl (C=O) groups excluding carboxylic acids is 1. The van der Waals surface area contributed by atoms with Gasteiger partial charge in [0.05, 0.1) is 23.7 Å². The van der Waals surface area contributed by atoms with Gasteiger partial charge in [-0.05, 0) is 63.6 Å². The van der Waals surface area contributed by atoms with Crippen LogP contribution in [0.2, 0.25) is 5.02 Å². The fraction of sp³-hybridized carbons (Fsp3) is 0.258. The molecule has 0 radical (unpaired) electrons. The molecule has 4 rings (SSSR count). The van der Waals surface area contributed by atoms with Crippen LogP contribution in [-0.4, -0.2) is 24.2 Å². The van der Waals surface area contributed by atoms with E-state index in [2.05, 4.69) is 86.9 Å². The van der Waals surface area contributed by atoms with Gasteiger partial charge in [0.1, 0.15) is 11.5 Å². The first-order chi connectivity index (χ1) is 17.8. The summed E-state index contributed by atoms with van der Waals surface area (Å²) in [4.78, 5) is 12.2. The lowest BCUT2D eigenvalue weighted by Gasteiger charge is -2.13. The van der Waals surface area contributed by atoms with Crippen LogP contribution in [0.15, 0.2) is 83.3 Å². The van der Waals surface area contributed by atoms with Crippen LogP contribution in [-0.2, 0) is 6.54 Å². The predicted molar refractivity (Wildman–Crippen MR) is 151 cm³/mol. The highest BCUT2D eigenvalue weighted by Crippen LogP contribution is 2.27. The fourth-order valence-corrected chi connectivity index (χ4v) is 3.81. The van der Waals surface area contributed by atoms with E-state index in [1.54, 1.807) is 12.1 Å². The Balaban J connectivity index is 0.000000405. The smallest absolute Gasteiger partial charge is 0.252 e. The van der Waals surface area contributed by atoms with Crippen LogP contribution in [0, 0.1) is 20.8 Å². The van der Waals surface area contributed by atoms with Crippen molar-refractivity contribution in [3.05, 3.63) is 117 Å². The Kier molecular flexibility index (Phi) is 10.5. The Hall–Kier alpha value is -3.38. The van der Waals surface area contributed by atoms with Crippen LogP contribution >= 0.6 is 11.6 Å². The maximum absolute atomic E-state index is 12.2. The van der Waals surface area contributed by atoms with Crippen molar-refractivity contribution in [1.82, 2.24) is 10.6 Å². The van der Waals surface area contributed by atoms with Crippen LogP contribution in [0.4, 0.5) is 0 Å². The van der Waals surface area contributed by atoms with Gasteiger partial charge in [0, 0.05) is 18.2 Å². The Morgan fingerprint density at radius 3 is 2.08 bits per heavy atom. The van der Waals surface area contributed by atoms with Gasteiger partial charge < -0.3 is 20.2 Å². The highest BCUT2D eigenvalue weighted by Gasteiger charge is 2.14. The molecule has 0 aliphatic rings. The Bertz CT molecular complexity index is 1260. The molecule has 0 saturated heterocycles. The molecule has 194 valence electrons. The Labute approximate surface area is 224 Å². The summed E-state index contributed by atoms with van der Waals surface area (Å²) in [7, 11) is 0. The molecular formula is C31H35ClN2O3. The molecular weight excluding hydrogens is 484 g/mol. The Morgan fingerprint density at radius 2 is 1.49 bits per heavy atom. The molecule has 3 aromatic carbocycles. The minimum absolute atomic E-state index is 0.126. The quantitative estimate of drug-likeness (QED) is 0.240. The maximum atomic E-state index is 12.2. The summed E-state index contributed by atoms with van der Waals surface area (Å²) >= 11 is 6.15. The third-order valence-electron chi connectivity index (χ3n) is 5.93. The maximum Gasteiger partial charge on any atom is 0.252 e. The number of hydrogen-bond donors (Lipinski definition) is 3. The lowest BCUT2D eigenvalue weighted by Crippen LogP contribution is -2.26. The zero-order valence-corrected chi connectivity index (χ0v) is 22.6. The summed E-state index contributed by atoms with van der Waals surface area (Å²) in [5, 5.41) is 15.3. The van der Waals surface area contributed by atoms with Gasteiger partial charge in [-0.2, -0.15) is 0 Å². The minimum atomic E-state index is -0.328. The SMILES string of the molecule is Cc1ccc(C(C)NCc2ccc(-c3ccc(Cl)c(C(=O)NCCO)c3)o2)cc1.Cc1ccc(C)cc1. The van der Waals surface area contributed by atoms with Gasteiger partial charge in [0.15, 0.2) is 0 Å². The number of furan rings is 1. The van der Waals surface area contributed by atoms with Crippen LogP contribution in [0.5, 0.6) is 0 Å². The van der Waals surface area contributed by atoms with Gasteiger partial charge >= 0.3 is 0 Å². The first-order valence-electron chi connectivity index (χ1n) is 12.4. The number of nitrogens with one attached hydrogen (secondary N) is 2. The van der Waals surface area contributed by atoms with E-state index in [4.69, 9.17) is 21.1 Å². The highest BCUT2D eigenvalue weighted by molar-refractivity contribution is 6.34. The van der Waals surface area contributed by atoms with E-state index >= 15 is 0 Å². The monoisotopic (exact) mass is 518 g/mol. The number of aryl methyl sites for hydroxylation is 3. The third-order valence-corrected chi connectivity index (χ3v) is 6.26. The van der Waals surface area contributed by atoms with Crippen molar-refractivity contribution in [2.45, 2.75) is 40.3 Å². The van der Waals surface area contributed by atoms with E-state index in [1.165, 1.54) is 22.3 Å². The van der Waals surface area contributed by atoms with E-state index in [9.17, 15) is 4.79 Å². The summed E-state index contributed by atoms with van der Waals surface area (Å²) in [5.74, 6) is 1.14. The van der Waals surface area contributed by atoms with E-state index < -0.39 is 0 Å². The molecule has 0 aliphatic heterocycles. The van der Waals surface area contributed by atoms with Crippen molar-refractivity contribution in [3.63, 3.8) is 0 Å². The minimum Gasteiger partial charge on any atom is -0.460 e. The topological polar surface area (TPSA) is 74.5 Å². The number of aliphatic hydroxyl groups is 1. The molecule has 6 heteroatoms. The summed E-state index contributed by atoms with van der Waals surface area (Å²) in [6.45, 7) is 9.02. The summed E-state index contributed by atoms with van der Waals surface area (Å²) in [6.07, 6.45) is 0. The second-order valence-electron chi connectivity index (χ2n) is 9.11. The number of halogens is 1. The van der Waals surface area contributed by atoms with E-state index in [0.717, 1.165) is 11.3 Å². The molecule has 4 aromatic rings. The van der Waals surface area contributed by atoms with E-state index in [1.807, 2.05) is 18.2 Å². The average molecular weight is 519 g/mol. The molecule has 1 unspecified atom stereocenters. The van der Waals surface area contributed by atoms with Crippen molar-refractivity contribution in [1.29, 1.82) is 0 Å². The average Bonchev–Trinajstić information content (AvgIpc) is 3.38. The zero-order chi connectivity index (χ0) is 26.8. The van der Waals surface area contributed by atoms with Gasteiger partial charge in [0.25, 0.3) is 5.91 Å². The van der Waals surface area contributed by atoms with Gasteiger partial charge in [-0.25, -0.2) is 0 Å². The zero-order valence-electron chi connectivity index (χ0n) is 21.8. The van der Waals surface area contributed by atoms with Crippen LogP contribution in [0.1, 0.15) is 51.3 Å². The summed E-state index contributed by atoms with van der Waals surface area (Å²) in [5.41, 5.74) is 6.23. The number of hydrogen-bond acceptors (Lipinski definition) is 4. The molecule has 5 nitrogen and oxygen atoms in total. The van der Waals surface area contributed by atoms with Gasteiger partial charge in [-0.1, -0.05) is 76.8 Å². The van der Waals surface area contributed by atoms with Crippen molar-refractivity contribution >= 4 is 17.5 Å². The van der Waals surface area contributed by atoms with Gasteiger partial charge in [-0.15, -0.1) is 0 Å². The molecule has 3 N–H and O–H groups in total.